The van der Waals surface area contributed by atoms with Crippen molar-refractivity contribution in [3.8, 4) is 0 Å². The fourth-order valence-corrected chi connectivity index (χ4v) is 2.87. The SMILES string of the molecule is C=N/C(NC1(C)CC1)=C(\C)C(C(=C)NCc1nccc(C(C)F)n1)=C(C)C. The molecule has 1 aliphatic carbocycles. The molecule has 2 rings (SSSR count). The van der Waals surface area contributed by atoms with Crippen LogP contribution in [-0.4, -0.2) is 22.2 Å². The third kappa shape index (κ3) is 5.49. The van der Waals surface area contributed by atoms with E-state index < -0.39 is 6.17 Å². The van der Waals surface area contributed by atoms with E-state index in [0.717, 1.165) is 41.1 Å². The third-order valence-electron chi connectivity index (χ3n) is 4.70. The van der Waals surface area contributed by atoms with Crippen molar-refractivity contribution in [1.29, 1.82) is 0 Å². The summed E-state index contributed by atoms with van der Waals surface area (Å²) in [5.74, 6) is 1.30. The van der Waals surface area contributed by atoms with E-state index in [1.165, 1.54) is 6.92 Å². The number of aromatic nitrogens is 2. The monoisotopic (exact) mass is 371 g/mol. The van der Waals surface area contributed by atoms with Crippen LogP contribution in [0, 0.1) is 0 Å². The van der Waals surface area contributed by atoms with E-state index in [-0.39, 0.29) is 5.54 Å². The molecule has 1 unspecified atom stereocenters. The molecule has 0 aliphatic heterocycles. The summed E-state index contributed by atoms with van der Waals surface area (Å²) in [4.78, 5) is 12.6. The minimum Gasteiger partial charge on any atom is -0.378 e. The number of hydrogen-bond acceptors (Lipinski definition) is 5. The van der Waals surface area contributed by atoms with Gasteiger partial charge in [0.25, 0.3) is 0 Å². The maximum Gasteiger partial charge on any atom is 0.147 e. The molecule has 1 saturated carbocycles. The number of alkyl halides is 1. The van der Waals surface area contributed by atoms with Gasteiger partial charge in [0.05, 0.1) is 12.2 Å². The number of aliphatic imine (C=N–C) groups is 1. The van der Waals surface area contributed by atoms with Crippen LogP contribution >= 0.6 is 0 Å². The quantitative estimate of drug-likeness (QED) is 0.495. The van der Waals surface area contributed by atoms with E-state index in [4.69, 9.17) is 0 Å². The average Bonchev–Trinajstić information content (AvgIpc) is 3.35. The van der Waals surface area contributed by atoms with Gasteiger partial charge in [-0.1, -0.05) is 12.2 Å². The van der Waals surface area contributed by atoms with Crippen molar-refractivity contribution in [1.82, 2.24) is 20.6 Å². The molecule has 146 valence electrons. The summed E-state index contributed by atoms with van der Waals surface area (Å²) in [5.41, 5.74) is 4.33. The third-order valence-corrected chi connectivity index (χ3v) is 4.70. The lowest BCUT2D eigenvalue weighted by Gasteiger charge is -2.21. The number of nitrogens with one attached hydrogen (secondary N) is 2. The largest absolute Gasteiger partial charge is 0.378 e. The lowest BCUT2D eigenvalue weighted by Crippen LogP contribution is -2.28. The normalized spacial score (nSPS) is 16.7. The van der Waals surface area contributed by atoms with E-state index in [0.29, 0.717) is 18.1 Å². The first kappa shape index (κ1) is 20.8. The molecule has 0 saturated heterocycles. The van der Waals surface area contributed by atoms with Crippen LogP contribution in [-0.2, 0) is 6.54 Å². The molecule has 5 nitrogen and oxygen atoms in total. The van der Waals surface area contributed by atoms with Gasteiger partial charge in [-0.3, -0.25) is 0 Å². The Hall–Kier alpha value is -2.50. The number of allylic oxidation sites excluding steroid dienone is 2. The molecule has 0 bridgehead atoms. The Bertz CT molecular complexity index is 784. The highest BCUT2D eigenvalue weighted by Gasteiger charge is 2.38. The average molecular weight is 372 g/mol. The van der Waals surface area contributed by atoms with Crippen molar-refractivity contribution in [2.24, 2.45) is 4.99 Å². The van der Waals surface area contributed by atoms with Gasteiger partial charge in [0, 0.05) is 28.6 Å². The zero-order valence-corrected chi connectivity index (χ0v) is 17.0. The molecule has 0 radical (unpaired) electrons. The van der Waals surface area contributed by atoms with Crippen molar-refractivity contribution in [3.63, 3.8) is 0 Å². The smallest absolute Gasteiger partial charge is 0.147 e. The number of hydrogen-bond donors (Lipinski definition) is 2. The molecule has 1 fully saturated rings. The first-order chi connectivity index (χ1) is 12.7. The van der Waals surface area contributed by atoms with E-state index in [9.17, 15) is 4.39 Å². The fraction of sp³-hybridized carbons (Fsp3) is 0.476. The fourth-order valence-electron chi connectivity index (χ4n) is 2.87. The molecule has 6 heteroatoms. The molecular formula is C21H30FN5. The Morgan fingerprint density at radius 3 is 2.56 bits per heavy atom. The van der Waals surface area contributed by atoms with E-state index in [1.54, 1.807) is 12.3 Å². The van der Waals surface area contributed by atoms with Gasteiger partial charge >= 0.3 is 0 Å². The molecule has 1 atom stereocenters. The van der Waals surface area contributed by atoms with E-state index in [1.807, 2.05) is 20.8 Å². The van der Waals surface area contributed by atoms with Crippen molar-refractivity contribution in [2.75, 3.05) is 0 Å². The zero-order chi connectivity index (χ0) is 20.2. The van der Waals surface area contributed by atoms with Crippen LogP contribution in [0.1, 0.15) is 65.2 Å². The highest BCUT2D eigenvalue weighted by molar-refractivity contribution is 5.49. The van der Waals surface area contributed by atoms with Gasteiger partial charge in [0.1, 0.15) is 17.8 Å². The topological polar surface area (TPSA) is 62.2 Å². The molecular weight excluding hydrogens is 341 g/mol. The van der Waals surface area contributed by atoms with E-state index in [2.05, 4.69) is 45.8 Å². The van der Waals surface area contributed by atoms with Crippen LogP contribution in [0.5, 0.6) is 0 Å². The van der Waals surface area contributed by atoms with Crippen molar-refractivity contribution >= 4 is 6.72 Å². The summed E-state index contributed by atoms with van der Waals surface area (Å²) in [6.07, 6.45) is 2.71. The summed E-state index contributed by atoms with van der Waals surface area (Å²) in [5, 5.41) is 6.74. The second-order valence-electron chi connectivity index (χ2n) is 7.54. The van der Waals surface area contributed by atoms with Crippen molar-refractivity contribution in [3.05, 3.63) is 58.6 Å². The summed E-state index contributed by atoms with van der Waals surface area (Å²) < 4.78 is 13.5. The lowest BCUT2D eigenvalue weighted by molar-refractivity contribution is 0.364. The molecule has 1 aromatic rings. The maximum absolute atomic E-state index is 13.5. The van der Waals surface area contributed by atoms with Gasteiger partial charge in [0.15, 0.2) is 0 Å². The predicted octanol–water partition coefficient (Wildman–Crippen LogP) is 4.52. The molecule has 0 amide bonds. The predicted molar refractivity (Wildman–Crippen MR) is 109 cm³/mol. The summed E-state index contributed by atoms with van der Waals surface area (Å²) in [6.45, 7) is 18.0. The van der Waals surface area contributed by atoms with Crippen LogP contribution in [0.3, 0.4) is 0 Å². The molecule has 1 aliphatic rings. The number of halogens is 1. The zero-order valence-electron chi connectivity index (χ0n) is 17.0. The van der Waals surface area contributed by atoms with Crippen LogP contribution in [0.25, 0.3) is 0 Å². The second kappa shape index (κ2) is 8.46. The van der Waals surface area contributed by atoms with Gasteiger partial charge in [-0.05, 0) is 60.2 Å². The van der Waals surface area contributed by atoms with Crippen LogP contribution in [0.15, 0.2) is 52.1 Å². The van der Waals surface area contributed by atoms with Gasteiger partial charge in [-0.2, -0.15) is 0 Å². The maximum atomic E-state index is 13.5. The number of nitrogens with zero attached hydrogens (tertiary/aromatic N) is 3. The van der Waals surface area contributed by atoms with Gasteiger partial charge in [-0.25, -0.2) is 19.4 Å². The van der Waals surface area contributed by atoms with Crippen molar-refractivity contribution < 1.29 is 4.39 Å². The highest BCUT2D eigenvalue weighted by atomic mass is 19.1. The van der Waals surface area contributed by atoms with Gasteiger partial charge < -0.3 is 10.6 Å². The van der Waals surface area contributed by atoms with E-state index >= 15 is 0 Å². The van der Waals surface area contributed by atoms with Gasteiger partial charge in [-0.15, -0.1) is 0 Å². The van der Waals surface area contributed by atoms with Crippen LogP contribution in [0.4, 0.5) is 4.39 Å². The van der Waals surface area contributed by atoms with Crippen LogP contribution < -0.4 is 10.6 Å². The first-order valence-electron chi connectivity index (χ1n) is 9.19. The molecule has 0 aromatic carbocycles. The summed E-state index contributed by atoms with van der Waals surface area (Å²) in [7, 11) is 0. The minimum absolute atomic E-state index is 0.108. The summed E-state index contributed by atoms with van der Waals surface area (Å²) in [6, 6.07) is 1.59. The van der Waals surface area contributed by atoms with Crippen molar-refractivity contribution in [2.45, 2.75) is 65.7 Å². The van der Waals surface area contributed by atoms with Crippen LogP contribution in [0.2, 0.25) is 0 Å². The molecule has 1 aromatic heterocycles. The lowest BCUT2D eigenvalue weighted by atomic mass is 9.99. The Balaban J connectivity index is 2.16. The molecule has 2 N–H and O–H groups in total. The second-order valence-corrected chi connectivity index (χ2v) is 7.54. The minimum atomic E-state index is -1.12. The Morgan fingerprint density at radius 2 is 2.04 bits per heavy atom. The Labute approximate surface area is 161 Å². The Morgan fingerprint density at radius 1 is 1.37 bits per heavy atom. The number of rotatable bonds is 9. The summed E-state index contributed by atoms with van der Waals surface area (Å²) >= 11 is 0. The van der Waals surface area contributed by atoms with Gasteiger partial charge in [0.2, 0.25) is 0 Å². The Kier molecular flexibility index (Phi) is 6.52. The standard InChI is InChI=1S/C21H30FN5/c1-13(2)19(14(3)20(23-7)27-21(6)9-10-21)16(5)25-12-18-24-11-8-17(26-18)15(4)22/h8,11,15,25,27H,5,7,9-10,12H2,1-4,6H3/b20-14-. The molecule has 1 heterocycles. The molecule has 27 heavy (non-hydrogen) atoms. The first-order valence-corrected chi connectivity index (χ1v) is 9.19. The molecule has 0 spiro atoms. The highest BCUT2D eigenvalue weighted by Crippen LogP contribution is 2.36.